The number of nitrogens with zero attached hydrogens (tertiary/aromatic N) is 2. The van der Waals surface area contributed by atoms with Crippen molar-refractivity contribution >= 4 is 11.0 Å². The summed E-state index contributed by atoms with van der Waals surface area (Å²) < 4.78 is 38.6. The average Bonchev–Trinajstić information content (AvgIpc) is 3.16. The number of nitrogens with one attached hydrogen (secondary N) is 1. The molecular formula is C17H21F2N3O2. The van der Waals surface area contributed by atoms with Gasteiger partial charge in [0.15, 0.2) is 0 Å². The first-order chi connectivity index (χ1) is 11.7. The second kappa shape index (κ2) is 6.74. The van der Waals surface area contributed by atoms with E-state index in [0.717, 1.165) is 26.1 Å². The maximum absolute atomic E-state index is 14.3. The van der Waals surface area contributed by atoms with Crippen molar-refractivity contribution in [1.29, 1.82) is 0 Å². The van der Waals surface area contributed by atoms with E-state index in [1.807, 2.05) is 0 Å². The van der Waals surface area contributed by atoms with Crippen LogP contribution in [0.25, 0.3) is 11.0 Å². The molecule has 0 unspecified atom stereocenters. The summed E-state index contributed by atoms with van der Waals surface area (Å²) >= 11 is 0. The minimum absolute atomic E-state index is 0.197. The van der Waals surface area contributed by atoms with Crippen LogP contribution < -0.4 is 0 Å². The summed E-state index contributed by atoms with van der Waals surface area (Å²) in [6, 6.07) is 4.77. The van der Waals surface area contributed by atoms with E-state index in [2.05, 4.69) is 14.9 Å². The fourth-order valence-electron chi connectivity index (χ4n) is 3.56. The quantitative estimate of drug-likeness (QED) is 0.931. The third kappa shape index (κ3) is 3.29. The zero-order valence-corrected chi connectivity index (χ0v) is 13.4. The summed E-state index contributed by atoms with van der Waals surface area (Å²) in [4.78, 5) is 9.54. The predicted octanol–water partition coefficient (Wildman–Crippen LogP) is 2.42. The van der Waals surface area contributed by atoms with Crippen LogP contribution in [0, 0.1) is 5.82 Å². The van der Waals surface area contributed by atoms with Gasteiger partial charge in [-0.3, -0.25) is 4.90 Å². The molecule has 2 aliphatic rings. The van der Waals surface area contributed by atoms with E-state index in [-0.39, 0.29) is 12.4 Å². The Morgan fingerprint density at radius 1 is 1.29 bits per heavy atom. The normalized spacial score (nSPS) is 26.4. The molecular weight excluding hydrogens is 316 g/mol. The van der Waals surface area contributed by atoms with Gasteiger partial charge >= 0.3 is 0 Å². The Kier molecular flexibility index (Phi) is 4.47. The summed E-state index contributed by atoms with van der Waals surface area (Å²) in [6.45, 7) is 2.71. The van der Waals surface area contributed by atoms with Gasteiger partial charge in [-0.1, -0.05) is 0 Å². The lowest BCUT2D eigenvalue weighted by Crippen LogP contribution is -2.38. The first-order valence-electron chi connectivity index (χ1n) is 8.40. The number of hydrogen-bond donors (Lipinski definition) is 1. The molecule has 4 rings (SSSR count). The fourth-order valence-corrected chi connectivity index (χ4v) is 3.56. The highest BCUT2D eigenvalue weighted by atomic mass is 19.1. The van der Waals surface area contributed by atoms with E-state index in [0.29, 0.717) is 36.0 Å². The van der Waals surface area contributed by atoms with Crippen molar-refractivity contribution in [2.45, 2.75) is 37.8 Å². The Labute approximate surface area is 138 Å². The van der Waals surface area contributed by atoms with Crippen LogP contribution in [-0.2, 0) is 16.1 Å². The first kappa shape index (κ1) is 15.9. The Morgan fingerprint density at radius 3 is 2.96 bits per heavy atom. The summed E-state index contributed by atoms with van der Waals surface area (Å²) in [5, 5.41) is 0. The Balaban J connectivity index is 1.36. The molecule has 0 saturated carbocycles. The molecule has 2 aromatic rings. The van der Waals surface area contributed by atoms with Gasteiger partial charge in [-0.25, -0.2) is 13.8 Å². The molecule has 0 radical (unpaired) electrons. The Hall–Kier alpha value is -1.57. The van der Waals surface area contributed by atoms with Gasteiger partial charge in [-0.15, -0.1) is 0 Å². The third-order valence-electron chi connectivity index (χ3n) is 4.86. The van der Waals surface area contributed by atoms with Crippen LogP contribution in [0.4, 0.5) is 8.78 Å². The minimum Gasteiger partial charge on any atom is -0.381 e. The molecule has 2 fully saturated rings. The van der Waals surface area contributed by atoms with Crippen molar-refractivity contribution < 1.29 is 18.3 Å². The number of rotatable bonds is 4. The maximum Gasteiger partial charge on any atom is 0.140 e. The lowest BCUT2D eigenvalue weighted by atomic mass is 10.1. The molecule has 7 heteroatoms. The van der Waals surface area contributed by atoms with Crippen LogP contribution >= 0.6 is 0 Å². The first-order valence-corrected chi connectivity index (χ1v) is 8.40. The number of alkyl halides is 1. The highest BCUT2D eigenvalue weighted by molar-refractivity contribution is 5.74. The molecule has 2 atom stereocenters. The topological polar surface area (TPSA) is 50.4 Å². The van der Waals surface area contributed by atoms with Crippen LogP contribution in [0.3, 0.4) is 0 Å². The lowest BCUT2D eigenvalue weighted by Gasteiger charge is -2.30. The largest absolute Gasteiger partial charge is 0.381 e. The maximum atomic E-state index is 14.3. The summed E-state index contributed by atoms with van der Waals surface area (Å²) in [7, 11) is 0. The Morgan fingerprint density at radius 2 is 2.12 bits per heavy atom. The highest BCUT2D eigenvalue weighted by Gasteiger charge is 2.37. The molecule has 0 spiro atoms. The van der Waals surface area contributed by atoms with Gasteiger partial charge < -0.3 is 14.5 Å². The van der Waals surface area contributed by atoms with Crippen LogP contribution in [0.15, 0.2) is 18.2 Å². The molecule has 2 aliphatic heterocycles. The van der Waals surface area contributed by atoms with Crippen molar-refractivity contribution in [3.05, 3.63) is 29.8 Å². The van der Waals surface area contributed by atoms with Crippen LogP contribution in [0.1, 0.15) is 18.7 Å². The number of aromatic nitrogens is 2. The number of imidazole rings is 1. The van der Waals surface area contributed by atoms with E-state index < -0.39 is 12.3 Å². The molecule has 3 heterocycles. The molecule has 24 heavy (non-hydrogen) atoms. The molecule has 0 aliphatic carbocycles. The average molecular weight is 337 g/mol. The number of hydrogen-bond acceptors (Lipinski definition) is 4. The number of aromatic amines is 1. The minimum atomic E-state index is -0.991. The van der Waals surface area contributed by atoms with Gasteiger partial charge in [0.1, 0.15) is 30.5 Å². The molecule has 0 bridgehead atoms. The van der Waals surface area contributed by atoms with Crippen LogP contribution in [-0.4, -0.2) is 59.5 Å². The van der Waals surface area contributed by atoms with E-state index in [1.165, 1.54) is 12.1 Å². The third-order valence-corrected chi connectivity index (χ3v) is 4.86. The fraction of sp³-hybridized carbons (Fsp3) is 0.588. The molecule has 1 aromatic carbocycles. The van der Waals surface area contributed by atoms with Crippen molar-refractivity contribution in [3.8, 4) is 0 Å². The van der Waals surface area contributed by atoms with Crippen molar-refractivity contribution in [2.75, 3.05) is 26.3 Å². The van der Waals surface area contributed by atoms with Gasteiger partial charge in [0.25, 0.3) is 0 Å². The number of ether oxygens (including phenoxy) is 2. The number of benzene rings is 1. The van der Waals surface area contributed by atoms with Gasteiger partial charge in [0, 0.05) is 32.3 Å². The SMILES string of the molecule is Fc1ccc2nc(CO[C@H]3CN(C4CCOCC4)C[C@H]3F)[nH]c2c1. The smallest absolute Gasteiger partial charge is 0.140 e. The van der Waals surface area contributed by atoms with Crippen molar-refractivity contribution in [1.82, 2.24) is 14.9 Å². The molecule has 5 nitrogen and oxygen atoms in total. The predicted molar refractivity (Wildman–Crippen MR) is 84.9 cm³/mol. The second-order valence-corrected chi connectivity index (χ2v) is 6.51. The van der Waals surface area contributed by atoms with Crippen molar-refractivity contribution in [3.63, 3.8) is 0 Å². The lowest BCUT2D eigenvalue weighted by molar-refractivity contribution is 0.00313. The number of halogens is 2. The van der Waals surface area contributed by atoms with E-state index in [1.54, 1.807) is 6.07 Å². The molecule has 1 aromatic heterocycles. The zero-order chi connectivity index (χ0) is 16.5. The van der Waals surface area contributed by atoms with Crippen LogP contribution in [0.2, 0.25) is 0 Å². The molecule has 2 saturated heterocycles. The second-order valence-electron chi connectivity index (χ2n) is 6.51. The van der Waals surface area contributed by atoms with Crippen molar-refractivity contribution in [2.24, 2.45) is 0 Å². The molecule has 0 amide bonds. The van der Waals surface area contributed by atoms with E-state index >= 15 is 0 Å². The van der Waals surface area contributed by atoms with E-state index in [9.17, 15) is 8.78 Å². The number of likely N-dealkylation sites (tertiary alicyclic amines) is 1. The van der Waals surface area contributed by atoms with Gasteiger partial charge in [-0.2, -0.15) is 0 Å². The molecule has 1 N–H and O–H groups in total. The summed E-state index contributed by atoms with van der Waals surface area (Å²) in [6.07, 6.45) is 0.468. The molecule has 130 valence electrons. The van der Waals surface area contributed by atoms with E-state index in [4.69, 9.17) is 9.47 Å². The number of fused-ring (bicyclic) bond motifs is 1. The van der Waals surface area contributed by atoms with Crippen LogP contribution in [0.5, 0.6) is 0 Å². The Bertz CT molecular complexity index is 702. The summed E-state index contributed by atoms with van der Waals surface area (Å²) in [5.74, 6) is 0.276. The highest BCUT2D eigenvalue weighted by Crippen LogP contribution is 2.24. The standard InChI is InChI=1S/C17H21F2N3O2/c18-11-1-2-14-15(7-11)21-17(20-14)10-24-16-9-22(8-13(16)19)12-3-5-23-6-4-12/h1-2,7,12-13,16H,3-6,8-10H2,(H,20,21)/t13-,16+/m1/s1. The number of H-pyrrole nitrogens is 1. The van der Waals surface area contributed by atoms with Gasteiger partial charge in [-0.05, 0) is 31.0 Å². The van der Waals surface area contributed by atoms with Gasteiger partial charge in [0.2, 0.25) is 0 Å². The zero-order valence-electron chi connectivity index (χ0n) is 13.4. The summed E-state index contributed by atoms with van der Waals surface area (Å²) in [5.41, 5.74) is 1.31. The van der Waals surface area contributed by atoms with Gasteiger partial charge in [0.05, 0.1) is 11.0 Å². The monoisotopic (exact) mass is 337 g/mol.